The summed E-state index contributed by atoms with van der Waals surface area (Å²) in [5.41, 5.74) is 1.78. The standard InChI is InChI=1S/C24H27N3O5/c1-4-5-16-8-12-19(13-9-16)24(2)22(30)27(23(31)26-24)15-20(28)25-14-17-6-10-18(11-7-17)21(29)32-3/h6-13H,4-5,14-15H2,1-3H3,(H,25,28)(H,26,31)/t24-/m1/s1. The van der Waals surface area contributed by atoms with E-state index in [2.05, 4.69) is 22.3 Å². The summed E-state index contributed by atoms with van der Waals surface area (Å²) in [6.45, 7) is 3.55. The largest absolute Gasteiger partial charge is 0.465 e. The third-order valence-corrected chi connectivity index (χ3v) is 5.51. The predicted molar refractivity (Wildman–Crippen MR) is 118 cm³/mol. The van der Waals surface area contributed by atoms with E-state index in [0.29, 0.717) is 11.1 Å². The first kappa shape index (κ1) is 23.0. The fourth-order valence-corrected chi connectivity index (χ4v) is 3.61. The number of methoxy groups -OCH3 is 1. The molecule has 4 amide bonds. The van der Waals surface area contributed by atoms with Crippen LogP contribution in [0.15, 0.2) is 48.5 Å². The summed E-state index contributed by atoms with van der Waals surface area (Å²) in [5.74, 6) is -1.38. The molecule has 32 heavy (non-hydrogen) atoms. The highest BCUT2D eigenvalue weighted by atomic mass is 16.5. The van der Waals surface area contributed by atoms with Crippen LogP contribution in [-0.4, -0.2) is 42.4 Å². The Balaban J connectivity index is 1.61. The molecule has 168 valence electrons. The number of carbonyl (C=O) groups is 4. The number of imide groups is 1. The number of esters is 1. The zero-order valence-corrected chi connectivity index (χ0v) is 18.4. The van der Waals surface area contributed by atoms with Gasteiger partial charge in [-0.05, 0) is 42.2 Å². The molecule has 0 aromatic heterocycles. The van der Waals surface area contributed by atoms with Crippen molar-refractivity contribution in [1.29, 1.82) is 0 Å². The van der Waals surface area contributed by atoms with Gasteiger partial charge in [0.25, 0.3) is 5.91 Å². The van der Waals surface area contributed by atoms with Gasteiger partial charge in [-0.3, -0.25) is 14.5 Å². The van der Waals surface area contributed by atoms with Gasteiger partial charge in [-0.25, -0.2) is 9.59 Å². The Labute approximate surface area is 186 Å². The second kappa shape index (κ2) is 9.64. The molecule has 0 saturated carbocycles. The number of urea groups is 1. The van der Waals surface area contributed by atoms with Crippen molar-refractivity contribution in [3.05, 3.63) is 70.8 Å². The number of hydrogen-bond donors (Lipinski definition) is 2. The first-order valence-corrected chi connectivity index (χ1v) is 10.5. The second-order valence-electron chi connectivity index (χ2n) is 7.86. The van der Waals surface area contributed by atoms with Crippen LogP contribution < -0.4 is 10.6 Å². The van der Waals surface area contributed by atoms with E-state index in [1.54, 1.807) is 31.2 Å². The third kappa shape index (κ3) is 4.80. The van der Waals surface area contributed by atoms with Crippen LogP contribution in [0, 0.1) is 0 Å². The molecular formula is C24H27N3O5. The molecule has 3 rings (SSSR count). The summed E-state index contributed by atoms with van der Waals surface area (Å²) >= 11 is 0. The van der Waals surface area contributed by atoms with Crippen molar-refractivity contribution in [2.75, 3.05) is 13.7 Å². The Morgan fingerprint density at radius 1 is 1.03 bits per heavy atom. The molecule has 1 atom stereocenters. The average Bonchev–Trinajstić information content (AvgIpc) is 3.02. The smallest absolute Gasteiger partial charge is 0.337 e. The zero-order chi connectivity index (χ0) is 23.3. The lowest BCUT2D eigenvalue weighted by Gasteiger charge is -2.22. The molecular weight excluding hydrogens is 410 g/mol. The summed E-state index contributed by atoms with van der Waals surface area (Å²) < 4.78 is 4.65. The minimum absolute atomic E-state index is 0.195. The molecule has 1 aliphatic rings. The maximum absolute atomic E-state index is 13.0. The number of nitrogens with one attached hydrogen (secondary N) is 2. The second-order valence-corrected chi connectivity index (χ2v) is 7.86. The summed E-state index contributed by atoms with van der Waals surface area (Å²) in [7, 11) is 1.30. The number of amides is 4. The van der Waals surface area contributed by atoms with E-state index >= 15 is 0 Å². The van der Waals surface area contributed by atoms with E-state index < -0.39 is 29.4 Å². The minimum atomic E-state index is -1.22. The van der Waals surface area contributed by atoms with Crippen LogP contribution in [0.4, 0.5) is 4.79 Å². The number of hydrogen-bond acceptors (Lipinski definition) is 5. The molecule has 0 radical (unpaired) electrons. The zero-order valence-electron chi connectivity index (χ0n) is 18.4. The fraction of sp³-hybridized carbons (Fsp3) is 0.333. The highest BCUT2D eigenvalue weighted by Gasteiger charge is 2.49. The number of carbonyl (C=O) groups excluding carboxylic acids is 4. The molecule has 0 aliphatic carbocycles. The summed E-state index contributed by atoms with van der Waals surface area (Å²) in [4.78, 5) is 50.3. The molecule has 0 spiro atoms. The lowest BCUT2D eigenvalue weighted by atomic mass is 9.91. The molecule has 0 unspecified atom stereocenters. The van der Waals surface area contributed by atoms with E-state index in [-0.39, 0.29) is 13.1 Å². The Morgan fingerprint density at radius 2 is 1.66 bits per heavy atom. The van der Waals surface area contributed by atoms with Crippen molar-refractivity contribution in [2.45, 2.75) is 38.8 Å². The van der Waals surface area contributed by atoms with Crippen LogP contribution in [0.5, 0.6) is 0 Å². The molecule has 2 aromatic carbocycles. The fourth-order valence-electron chi connectivity index (χ4n) is 3.61. The number of rotatable bonds is 8. The number of benzene rings is 2. The van der Waals surface area contributed by atoms with Gasteiger partial charge in [-0.2, -0.15) is 0 Å². The lowest BCUT2D eigenvalue weighted by molar-refractivity contribution is -0.134. The van der Waals surface area contributed by atoms with Crippen LogP contribution >= 0.6 is 0 Å². The number of ether oxygens (including phenoxy) is 1. The van der Waals surface area contributed by atoms with Gasteiger partial charge in [0.15, 0.2) is 0 Å². The van der Waals surface area contributed by atoms with Gasteiger partial charge in [0.1, 0.15) is 12.1 Å². The van der Waals surface area contributed by atoms with Crippen LogP contribution in [0.2, 0.25) is 0 Å². The maximum Gasteiger partial charge on any atom is 0.337 e. The van der Waals surface area contributed by atoms with Gasteiger partial charge in [0.2, 0.25) is 5.91 Å². The first-order chi connectivity index (χ1) is 15.3. The molecule has 1 fully saturated rings. The van der Waals surface area contributed by atoms with Gasteiger partial charge in [0, 0.05) is 6.54 Å². The normalized spacial score (nSPS) is 17.8. The molecule has 0 bridgehead atoms. The Kier molecular flexibility index (Phi) is 6.92. The van der Waals surface area contributed by atoms with E-state index in [1.165, 1.54) is 7.11 Å². The molecule has 2 N–H and O–H groups in total. The van der Waals surface area contributed by atoms with Crippen LogP contribution in [-0.2, 0) is 32.8 Å². The van der Waals surface area contributed by atoms with Crippen molar-refractivity contribution < 1.29 is 23.9 Å². The average molecular weight is 437 g/mol. The van der Waals surface area contributed by atoms with Gasteiger partial charge in [0.05, 0.1) is 12.7 Å². The SMILES string of the molecule is CCCc1ccc([C@@]2(C)NC(=O)N(CC(=O)NCc3ccc(C(=O)OC)cc3)C2=O)cc1. The van der Waals surface area contributed by atoms with Crippen LogP contribution in [0.25, 0.3) is 0 Å². The highest BCUT2D eigenvalue weighted by molar-refractivity contribution is 6.09. The summed E-state index contributed by atoms with van der Waals surface area (Å²) in [5, 5.41) is 5.40. The Hall–Kier alpha value is -3.68. The van der Waals surface area contributed by atoms with Gasteiger partial charge in [-0.15, -0.1) is 0 Å². The van der Waals surface area contributed by atoms with Crippen LogP contribution in [0.3, 0.4) is 0 Å². The number of nitrogens with zero attached hydrogens (tertiary/aromatic N) is 1. The van der Waals surface area contributed by atoms with Crippen molar-refractivity contribution in [1.82, 2.24) is 15.5 Å². The topological polar surface area (TPSA) is 105 Å². The van der Waals surface area contributed by atoms with E-state index in [0.717, 1.165) is 28.9 Å². The third-order valence-electron chi connectivity index (χ3n) is 5.51. The van der Waals surface area contributed by atoms with Crippen molar-refractivity contribution >= 4 is 23.8 Å². The quantitative estimate of drug-likeness (QED) is 0.488. The lowest BCUT2D eigenvalue weighted by Crippen LogP contribution is -2.43. The first-order valence-electron chi connectivity index (χ1n) is 10.5. The van der Waals surface area contributed by atoms with E-state index in [4.69, 9.17) is 0 Å². The minimum Gasteiger partial charge on any atom is -0.465 e. The molecule has 1 saturated heterocycles. The maximum atomic E-state index is 13.0. The highest BCUT2D eigenvalue weighted by Crippen LogP contribution is 2.29. The molecule has 1 heterocycles. The molecule has 2 aromatic rings. The van der Waals surface area contributed by atoms with Gasteiger partial charge >= 0.3 is 12.0 Å². The predicted octanol–water partition coefficient (Wildman–Crippen LogP) is 2.51. The van der Waals surface area contributed by atoms with Crippen molar-refractivity contribution in [3.8, 4) is 0 Å². The van der Waals surface area contributed by atoms with Gasteiger partial charge < -0.3 is 15.4 Å². The molecule has 1 aliphatic heterocycles. The van der Waals surface area contributed by atoms with E-state index in [1.807, 2.05) is 24.3 Å². The van der Waals surface area contributed by atoms with Gasteiger partial charge in [-0.1, -0.05) is 49.7 Å². The molecule has 8 nitrogen and oxygen atoms in total. The Bertz CT molecular complexity index is 1020. The Morgan fingerprint density at radius 3 is 2.25 bits per heavy atom. The van der Waals surface area contributed by atoms with E-state index in [9.17, 15) is 19.2 Å². The van der Waals surface area contributed by atoms with Crippen LogP contribution in [0.1, 0.15) is 47.3 Å². The number of aryl methyl sites for hydroxylation is 1. The monoisotopic (exact) mass is 437 g/mol. The summed E-state index contributed by atoms with van der Waals surface area (Å²) in [6, 6.07) is 13.6. The molecule has 8 heteroatoms. The van der Waals surface area contributed by atoms with Crippen molar-refractivity contribution in [2.24, 2.45) is 0 Å². The summed E-state index contributed by atoms with van der Waals surface area (Å²) in [6.07, 6.45) is 1.96. The van der Waals surface area contributed by atoms with Crippen molar-refractivity contribution in [3.63, 3.8) is 0 Å².